The fourth-order valence-corrected chi connectivity index (χ4v) is 3.43. The van der Waals surface area contributed by atoms with E-state index in [4.69, 9.17) is 9.47 Å². The van der Waals surface area contributed by atoms with Gasteiger partial charge in [-0.25, -0.2) is 9.97 Å². The highest BCUT2D eigenvalue weighted by atomic mass is 32.1. The number of anilines is 1. The molecule has 0 unspecified atom stereocenters. The van der Waals surface area contributed by atoms with Gasteiger partial charge in [0.05, 0.1) is 13.7 Å². The topological polar surface area (TPSA) is 76.6 Å². The van der Waals surface area contributed by atoms with Crippen LogP contribution in [0, 0.1) is 5.92 Å². The number of ether oxygens (including phenoxy) is 2. The molecule has 24 heavy (non-hydrogen) atoms. The van der Waals surface area contributed by atoms with Gasteiger partial charge in [0.2, 0.25) is 11.8 Å². The van der Waals surface area contributed by atoms with Crippen molar-refractivity contribution in [2.75, 3.05) is 32.1 Å². The molecule has 1 aliphatic heterocycles. The Morgan fingerprint density at radius 2 is 2.29 bits per heavy atom. The molecule has 0 aromatic carbocycles. The molecule has 0 radical (unpaired) electrons. The van der Waals surface area contributed by atoms with Gasteiger partial charge >= 0.3 is 0 Å². The molecule has 1 amide bonds. The first-order valence-corrected chi connectivity index (χ1v) is 8.51. The molecule has 7 nitrogen and oxygen atoms in total. The summed E-state index contributed by atoms with van der Waals surface area (Å²) in [4.78, 5) is 22.7. The van der Waals surface area contributed by atoms with Gasteiger partial charge in [-0.05, 0) is 6.07 Å². The highest BCUT2D eigenvalue weighted by Gasteiger charge is 2.27. The third kappa shape index (κ3) is 4.42. The van der Waals surface area contributed by atoms with Crippen molar-refractivity contribution in [2.24, 2.45) is 5.92 Å². The van der Waals surface area contributed by atoms with E-state index in [2.05, 4.69) is 20.2 Å². The fourth-order valence-electron chi connectivity index (χ4n) is 2.53. The predicted molar refractivity (Wildman–Crippen MR) is 91.5 cm³/mol. The second kappa shape index (κ2) is 7.59. The van der Waals surface area contributed by atoms with E-state index >= 15 is 0 Å². The van der Waals surface area contributed by atoms with Crippen LogP contribution in [0.25, 0.3) is 0 Å². The number of thiazole rings is 1. The highest BCUT2D eigenvalue weighted by Crippen LogP contribution is 2.25. The van der Waals surface area contributed by atoms with E-state index in [1.54, 1.807) is 19.4 Å². The Bertz CT molecular complexity index is 700. The molecule has 128 valence electrons. The van der Waals surface area contributed by atoms with Crippen LogP contribution in [0.5, 0.6) is 11.6 Å². The number of hydrogen-bond donors (Lipinski definition) is 1. The van der Waals surface area contributed by atoms with Crippen LogP contribution in [-0.4, -0.2) is 47.6 Å². The number of pyridine rings is 1. The van der Waals surface area contributed by atoms with E-state index < -0.39 is 0 Å². The number of aromatic nitrogens is 2. The standard InChI is InChI=1S/C16H20N4O3S/c1-11(21)19-16-18-6-14(24-16)9-20-7-12(8-20)10-23-13-3-4-17-15(5-13)22-2/h3-6,12H,7-10H2,1-2H3,(H,18,19,21). The average Bonchev–Trinajstić information content (AvgIpc) is 2.96. The number of methoxy groups -OCH3 is 1. The minimum absolute atomic E-state index is 0.0928. The molecule has 0 aliphatic carbocycles. The molecule has 0 saturated carbocycles. The number of amides is 1. The maximum atomic E-state index is 11.0. The van der Waals surface area contributed by atoms with E-state index in [1.165, 1.54) is 18.3 Å². The molecule has 2 aromatic rings. The highest BCUT2D eigenvalue weighted by molar-refractivity contribution is 7.15. The number of likely N-dealkylation sites (tertiary alicyclic amines) is 1. The summed E-state index contributed by atoms with van der Waals surface area (Å²) >= 11 is 1.52. The van der Waals surface area contributed by atoms with Crippen LogP contribution in [0.15, 0.2) is 24.5 Å². The van der Waals surface area contributed by atoms with Gasteiger partial charge in [0.15, 0.2) is 5.13 Å². The SMILES string of the molecule is COc1cc(OCC2CN(Cc3cnc(NC(C)=O)s3)C2)ccn1. The first-order chi connectivity index (χ1) is 11.6. The molecule has 2 aromatic heterocycles. The minimum Gasteiger partial charge on any atom is -0.493 e. The van der Waals surface area contributed by atoms with E-state index in [0.29, 0.717) is 23.5 Å². The normalized spacial score (nSPS) is 14.9. The number of nitrogens with one attached hydrogen (secondary N) is 1. The number of rotatable bonds is 7. The fraction of sp³-hybridized carbons (Fsp3) is 0.438. The zero-order valence-electron chi connectivity index (χ0n) is 13.7. The largest absolute Gasteiger partial charge is 0.493 e. The van der Waals surface area contributed by atoms with Gasteiger partial charge in [0, 0.05) is 55.8 Å². The summed E-state index contributed by atoms with van der Waals surface area (Å²) in [7, 11) is 1.59. The van der Waals surface area contributed by atoms with Gasteiger partial charge in [-0.1, -0.05) is 0 Å². The molecule has 1 aliphatic rings. The average molecular weight is 348 g/mol. The first-order valence-electron chi connectivity index (χ1n) is 7.70. The van der Waals surface area contributed by atoms with Gasteiger partial charge in [-0.3, -0.25) is 9.69 Å². The predicted octanol–water partition coefficient (Wildman–Crippen LogP) is 2.02. The number of carbonyl (C=O) groups excluding carboxylic acids is 1. The molecule has 0 atom stereocenters. The maximum absolute atomic E-state index is 11.0. The lowest BCUT2D eigenvalue weighted by molar-refractivity contribution is -0.114. The maximum Gasteiger partial charge on any atom is 0.223 e. The van der Waals surface area contributed by atoms with Crippen molar-refractivity contribution in [3.8, 4) is 11.6 Å². The zero-order chi connectivity index (χ0) is 16.9. The Hall–Kier alpha value is -2.19. The lowest BCUT2D eigenvalue weighted by Gasteiger charge is -2.38. The third-order valence-electron chi connectivity index (χ3n) is 3.65. The van der Waals surface area contributed by atoms with Crippen LogP contribution in [0.3, 0.4) is 0 Å². The van der Waals surface area contributed by atoms with Crippen LogP contribution >= 0.6 is 11.3 Å². The van der Waals surface area contributed by atoms with Crippen molar-refractivity contribution in [1.29, 1.82) is 0 Å². The van der Waals surface area contributed by atoms with Crippen LogP contribution < -0.4 is 14.8 Å². The smallest absolute Gasteiger partial charge is 0.223 e. The van der Waals surface area contributed by atoms with Crippen LogP contribution in [0.2, 0.25) is 0 Å². The van der Waals surface area contributed by atoms with E-state index in [1.807, 2.05) is 12.3 Å². The Labute approximate surface area is 144 Å². The van der Waals surface area contributed by atoms with Crippen molar-refractivity contribution in [3.63, 3.8) is 0 Å². The van der Waals surface area contributed by atoms with Gasteiger partial charge in [-0.15, -0.1) is 11.3 Å². The summed E-state index contributed by atoms with van der Waals surface area (Å²) in [5.74, 6) is 1.77. The van der Waals surface area contributed by atoms with Gasteiger partial charge < -0.3 is 14.8 Å². The summed E-state index contributed by atoms with van der Waals surface area (Å²) in [5.41, 5.74) is 0. The molecule has 3 heterocycles. The first kappa shape index (κ1) is 16.7. The van der Waals surface area contributed by atoms with E-state index in [9.17, 15) is 4.79 Å². The molecule has 0 bridgehead atoms. The molecule has 8 heteroatoms. The van der Waals surface area contributed by atoms with Crippen molar-refractivity contribution in [1.82, 2.24) is 14.9 Å². The number of hydrogen-bond acceptors (Lipinski definition) is 7. The molecule has 1 N–H and O–H groups in total. The molecule has 0 spiro atoms. The van der Waals surface area contributed by atoms with Crippen LogP contribution in [-0.2, 0) is 11.3 Å². The molecule has 1 fully saturated rings. The molecular weight excluding hydrogens is 328 g/mol. The number of carbonyl (C=O) groups is 1. The summed E-state index contributed by atoms with van der Waals surface area (Å²) < 4.78 is 10.9. The molecule has 1 saturated heterocycles. The summed E-state index contributed by atoms with van der Waals surface area (Å²) in [6, 6.07) is 3.62. The Kier molecular flexibility index (Phi) is 5.27. The second-order valence-electron chi connectivity index (χ2n) is 5.72. The molecule has 3 rings (SSSR count). The number of nitrogens with zero attached hydrogens (tertiary/aromatic N) is 3. The van der Waals surface area contributed by atoms with Crippen LogP contribution in [0.4, 0.5) is 5.13 Å². The van der Waals surface area contributed by atoms with Crippen molar-refractivity contribution >= 4 is 22.4 Å². The van der Waals surface area contributed by atoms with Gasteiger partial charge in [0.25, 0.3) is 0 Å². The van der Waals surface area contributed by atoms with Crippen molar-refractivity contribution in [2.45, 2.75) is 13.5 Å². The third-order valence-corrected chi connectivity index (χ3v) is 4.55. The summed E-state index contributed by atoms with van der Waals surface area (Å²) in [6.07, 6.45) is 3.50. The Balaban J connectivity index is 1.39. The van der Waals surface area contributed by atoms with Gasteiger partial charge in [0.1, 0.15) is 5.75 Å². The van der Waals surface area contributed by atoms with E-state index in [0.717, 1.165) is 30.3 Å². The quantitative estimate of drug-likeness (QED) is 0.825. The second-order valence-corrected chi connectivity index (χ2v) is 6.83. The zero-order valence-corrected chi connectivity index (χ0v) is 14.5. The minimum atomic E-state index is -0.0928. The Morgan fingerprint density at radius 1 is 1.46 bits per heavy atom. The van der Waals surface area contributed by atoms with E-state index in [-0.39, 0.29) is 5.91 Å². The monoisotopic (exact) mass is 348 g/mol. The Morgan fingerprint density at radius 3 is 3.04 bits per heavy atom. The lowest BCUT2D eigenvalue weighted by atomic mass is 10.0. The molecular formula is C16H20N4O3S. The van der Waals surface area contributed by atoms with Crippen molar-refractivity contribution in [3.05, 3.63) is 29.4 Å². The van der Waals surface area contributed by atoms with Gasteiger partial charge in [-0.2, -0.15) is 0 Å². The van der Waals surface area contributed by atoms with Crippen molar-refractivity contribution < 1.29 is 14.3 Å². The summed E-state index contributed by atoms with van der Waals surface area (Å²) in [6.45, 7) is 5.02. The summed E-state index contributed by atoms with van der Waals surface area (Å²) in [5, 5.41) is 3.36. The van der Waals surface area contributed by atoms with Crippen LogP contribution in [0.1, 0.15) is 11.8 Å². The lowest BCUT2D eigenvalue weighted by Crippen LogP contribution is -2.48.